The minimum absolute atomic E-state index is 0.417. The molecule has 1 aromatic rings. The summed E-state index contributed by atoms with van der Waals surface area (Å²) in [6.45, 7) is 7.27. The molecule has 20 heavy (non-hydrogen) atoms. The standard InChI is InChI=1S/C15H23NO4/c1-15(2,3)20-14(17)16-9-10-18-11-12-19-13-7-5-4-6-8-13/h4-8H,9-12H2,1-3H3,(H,16,17). The summed E-state index contributed by atoms with van der Waals surface area (Å²) < 4.78 is 15.9. The van der Waals surface area contributed by atoms with E-state index in [0.717, 1.165) is 5.75 Å². The minimum Gasteiger partial charge on any atom is -0.491 e. The number of benzene rings is 1. The fourth-order valence-electron chi connectivity index (χ4n) is 1.38. The lowest BCUT2D eigenvalue weighted by Gasteiger charge is -2.19. The van der Waals surface area contributed by atoms with E-state index in [1.807, 2.05) is 51.1 Å². The van der Waals surface area contributed by atoms with Crippen molar-refractivity contribution in [2.24, 2.45) is 0 Å². The molecular formula is C15H23NO4. The number of carbonyl (C=O) groups excluding carboxylic acids is 1. The van der Waals surface area contributed by atoms with E-state index >= 15 is 0 Å². The highest BCUT2D eigenvalue weighted by Gasteiger charge is 2.15. The first-order valence-corrected chi connectivity index (χ1v) is 6.70. The van der Waals surface area contributed by atoms with Crippen molar-refractivity contribution in [3.05, 3.63) is 30.3 Å². The lowest BCUT2D eigenvalue weighted by atomic mass is 10.2. The van der Waals surface area contributed by atoms with Crippen LogP contribution in [0.25, 0.3) is 0 Å². The predicted molar refractivity (Wildman–Crippen MR) is 77.0 cm³/mol. The van der Waals surface area contributed by atoms with E-state index in [1.165, 1.54) is 0 Å². The van der Waals surface area contributed by atoms with Crippen molar-refractivity contribution in [2.75, 3.05) is 26.4 Å². The number of hydrogen-bond acceptors (Lipinski definition) is 4. The Hall–Kier alpha value is -1.75. The summed E-state index contributed by atoms with van der Waals surface area (Å²) in [6, 6.07) is 9.56. The Morgan fingerprint density at radius 1 is 1.10 bits per heavy atom. The number of carbonyl (C=O) groups is 1. The monoisotopic (exact) mass is 281 g/mol. The molecule has 0 aromatic heterocycles. The van der Waals surface area contributed by atoms with Gasteiger partial charge >= 0.3 is 6.09 Å². The fourth-order valence-corrected chi connectivity index (χ4v) is 1.38. The molecule has 0 aliphatic carbocycles. The predicted octanol–water partition coefficient (Wildman–Crippen LogP) is 2.61. The van der Waals surface area contributed by atoms with Crippen LogP contribution in [0.15, 0.2) is 30.3 Å². The Morgan fingerprint density at radius 2 is 1.80 bits per heavy atom. The van der Waals surface area contributed by atoms with Gasteiger partial charge < -0.3 is 19.5 Å². The molecule has 0 heterocycles. The highest BCUT2D eigenvalue weighted by atomic mass is 16.6. The van der Waals surface area contributed by atoms with Crippen LogP contribution in [0.1, 0.15) is 20.8 Å². The summed E-state index contributed by atoms with van der Waals surface area (Å²) in [6.07, 6.45) is -0.429. The molecule has 0 aliphatic heterocycles. The van der Waals surface area contributed by atoms with Crippen molar-refractivity contribution < 1.29 is 19.0 Å². The Kier molecular flexibility index (Phi) is 6.87. The van der Waals surface area contributed by atoms with Crippen molar-refractivity contribution in [1.29, 1.82) is 0 Å². The van der Waals surface area contributed by atoms with E-state index in [1.54, 1.807) is 0 Å². The minimum atomic E-state index is -0.478. The van der Waals surface area contributed by atoms with Gasteiger partial charge in [-0.2, -0.15) is 0 Å². The van der Waals surface area contributed by atoms with Gasteiger partial charge in [0.2, 0.25) is 0 Å². The fraction of sp³-hybridized carbons (Fsp3) is 0.533. The first-order chi connectivity index (χ1) is 9.47. The quantitative estimate of drug-likeness (QED) is 0.781. The SMILES string of the molecule is CC(C)(C)OC(=O)NCCOCCOc1ccccc1. The lowest BCUT2D eigenvalue weighted by molar-refractivity contribution is 0.0489. The van der Waals surface area contributed by atoms with Crippen LogP contribution >= 0.6 is 0 Å². The van der Waals surface area contributed by atoms with Crippen LogP contribution in [-0.4, -0.2) is 38.1 Å². The van der Waals surface area contributed by atoms with Crippen molar-refractivity contribution in [3.8, 4) is 5.75 Å². The van der Waals surface area contributed by atoms with E-state index in [4.69, 9.17) is 14.2 Å². The second-order valence-electron chi connectivity index (χ2n) is 5.20. The van der Waals surface area contributed by atoms with Gasteiger partial charge in [-0.05, 0) is 32.9 Å². The average Bonchev–Trinajstić information content (AvgIpc) is 2.37. The average molecular weight is 281 g/mol. The second kappa shape index (κ2) is 8.43. The molecule has 1 aromatic carbocycles. The Morgan fingerprint density at radius 3 is 2.45 bits per heavy atom. The molecule has 5 heteroatoms. The number of alkyl carbamates (subject to hydrolysis) is 1. The third-order valence-corrected chi connectivity index (χ3v) is 2.15. The largest absolute Gasteiger partial charge is 0.491 e. The summed E-state index contributed by atoms with van der Waals surface area (Å²) in [5.41, 5.74) is -0.478. The van der Waals surface area contributed by atoms with Crippen molar-refractivity contribution in [3.63, 3.8) is 0 Å². The summed E-state index contributed by atoms with van der Waals surface area (Å²) in [5.74, 6) is 0.822. The van der Waals surface area contributed by atoms with Gasteiger partial charge in [0.1, 0.15) is 18.0 Å². The highest BCUT2D eigenvalue weighted by Crippen LogP contribution is 2.07. The van der Waals surface area contributed by atoms with Crippen LogP contribution in [-0.2, 0) is 9.47 Å². The molecule has 0 spiro atoms. The van der Waals surface area contributed by atoms with Gasteiger partial charge in [0.15, 0.2) is 0 Å². The zero-order chi connectivity index (χ0) is 14.8. The molecule has 0 saturated heterocycles. The number of ether oxygens (including phenoxy) is 3. The van der Waals surface area contributed by atoms with Gasteiger partial charge in [0.25, 0.3) is 0 Å². The van der Waals surface area contributed by atoms with Gasteiger partial charge in [0, 0.05) is 6.54 Å². The summed E-state index contributed by atoms with van der Waals surface area (Å²) in [5, 5.41) is 2.62. The lowest BCUT2D eigenvalue weighted by Crippen LogP contribution is -2.34. The second-order valence-corrected chi connectivity index (χ2v) is 5.20. The molecular weight excluding hydrogens is 258 g/mol. The van der Waals surface area contributed by atoms with Crippen LogP contribution < -0.4 is 10.1 Å². The summed E-state index contributed by atoms with van der Waals surface area (Å²) in [7, 11) is 0. The maximum absolute atomic E-state index is 11.3. The van der Waals surface area contributed by atoms with Gasteiger partial charge in [-0.1, -0.05) is 18.2 Å². The number of para-hydroxylation sites is 1. The van der Waals surface area contributed by atoms with Crippen LogP contribution in [0.5, 0.6) is 5.75 Å². The van der Waals surface area contributed by atoms with Gasteiger partial charge in [0.05, 0.1) is 13.2 Å². The molecule has 0 atom stereocenters. The molecule has 1 N–H and O–H groups in total. The molecule has 0 saturated carbocycles. The number of amides is 1. The van der Waals surface area contributed by atoms with Crippen LogP contribution in [0.3, 0.4) is 0 Å². The molecule has 0 aliphatic rings. The van der Waals surface area contributed by atoms with Crippen LogP contribution in [0.4, 0.5) is 4.79 Å². The number of rotatable bonds is 7. The molecule has 1 amide bonds. The van der Waals surface area contributed by atoms with Crippen molar-refractivity contribution >= 4 is 6.09 Å². The van der Waals surface area contributed by atoms with E-state index in [0.29, 0.717) is 26.4 Å². The van der Waals surface area contributed by atoms with Crippen molar-refractivity contribution in [1.82, 2.24) is 5.32 Å². The molecule has 0 unspecified atom stereocenters. The topological polar surface area (TPSA) is 56.8 Å². The third-order valence-electron chi connectivity index (χ3n) is 2.15. The van der Waals surface area contributed by atoms with Crippen LogP contribution in [0, 0.1) is 0 Å². The maximum Gasteiger partial charge on any atom is 0.407 e. The maximum atomic E-state index is 11.3. The van der Waals surface area contributed by atoms with E-state index in [9.17, 15) is 4.79 Å². The zero-order valence-electron chi connectivity index (χ0n) is 12.3. The van der Waals surface area contributed by atoms with E-state index < -0.39 is 11.7 Å². The Balaban J connectivity index is 1.96. The van der Waals surface area contributed by atoms with E-state index in [-0.39, 0.29) is 0 Å². The highest BCUT2D eigenvalue weighted by molar-refractivity contribution is 5.67. The van der Waals surface area contributed by atoms with Crippen LogP contribution in [0.2, 0.25) is 0 Å². The first-order valence-electron chi connectivity index (χ1n) is 6.70. The van der Waals surface area contributed by atoms with Crippen molar-refractivity contribution in [2.45, 2.75) is 26.4 Å². The smallest absolute Gasteiger partial charge is 0.407 e. The van der Waals surface area contributed by atoms with Gasteiger partial charge in [-0.25, -0.2) is 4.79 Å². The summed E-state index contributed by atoms with van der Waals surface area (Å²) in [4.78, 5) is 11.3. The molecule has 112 valence electrons. The van der Waals surface area contributed by atoms with Gasteiger partial charge in [-0.3, -0.25) is 0 Å². The zero-order valence-corrected chi connectivity index (χ0v) is 12.3. The number of hydrogen-bond donors (Lipinski definition) is 1. The molecule has 0 radical (unpaired) electrons. The normalized spacial score (nSPS) is 10.9. The Labute approximate surface area is 120 Å². The molecule has 0 bridgehead atoms. The molecule has 5 nitrogen and oxygen atoms in total. The number of nitrogens with one attached hydrogen (secondary N) is 1. The summed E-state index contributed by atoms with van der Waals surface area (Å²) >= 11 is 0. The third kappa shape index (κ3) is 8.37. The Bertz CT molecular complexity index is 387. The van der Waals surface area contributed by atoms with E-state index in [2.05, 4.69) is 5.32 Å². The molecule has 1 rings (SSSR count). The molecule has 0 fully saturated rings. The first kappa shape index (κ1) is 16.3. The van der Waals surface area contributed by atoms with Gasteiger partial charge in [-0.15, -0.1) is 0 Å².